The Bertz CT molecular complexity index is 903. The summed E-state index contributed by atoms with van der Waals surface area (Å²) in [5.74, 6) is 0.698. The predicted octanol–water partition coefficient (Wildman–Crippen LogP) is 4.06. The van der Waals surface area contributed by atoms with Gasteiger partial charge in [0.1, 0.15) is 5.82 Å². The van der Waals surface area contributed by atoms with Crippen LogP contribution in [-0.2, 0) is 7.05 Å². The number of carbonyl (C=O) groups is 1. The van der Waals surface area contributed by atoms with Gasteiger partial charge in [-0.1, -0.05) is 12.1 Å². The molecule has 0 aliphatic rings. The Hall–Kier alpha value is -2.80. The van der Waals surface area contributed by atoms with Crippen molar-refractivity contribution in [1.82, 2.24) is 14.5 Å². The highest BCUT2D eigenvalue weighted by molar-refractivity contribution is 7.99. The largest absolute Gasteiger partial charge is 0.357 e. The van der Waals surface area contributed by atoms with Gasteiger partial charge in [0.25, 0.3) is 5.91 Å². The minimum absolute atomic E-state index is 0.179. The number of nitrogens with one attached hydrogen (secondary N) is 1. The van der Waals surface area contributed by atoms with E-state index in [-0.39, 0.29) is 5.91 Å². The highest BCUT2D eigenvalue weighted by atomic mass is 32.2. The number of benzene rings is 1. The van der Waals surface area contributed by atoms with Gasteiger partial charge < -0.3 is 14.8 Å². The highest BCUT2D eigenvalue weighted by Gasteiger charge is 2.12. The van der Waals surface area contributed by atoms with E-state index < -0.39 is 0 Å². The van der Waals surface area contributed by atoms with Crippen LogP contribution >= 0.6 is 11.8 Å². The summed E-state index contributed by atoms with van der Waals surface area (Å²) in [7, 11) is 1.94. The van der Waals surface area contributed by atoms with Gasteiger partial charge in [0.15, 0.2) is 5.16 Å². The normalized spacial score (nSPS) is 10.6. The molecule has 0 fully saturated rings. The van der Waals surface area contributed by atoms with Gasteiger partial charge in [0.05, 0.1) is 11.3 Å². The average molecular weight is 382 g/mol. The number of aromatic nitrogens is 3. The summed E-state index contributed by atoms with van der Waals surface area (Å²) in [6.07, 6.45) is 5.27. The Morgan fingerprint density at radius 2 is 1.93 bits per heavy atom. The first-order valence-corrected chi connectivity index (χ1v) is 9.70. The van der Waals surface area contributed by atoms with Crippen molar-refractivity contribution >= 4 is 29.2 Å². The van der Waals surface area contributed by atoms with Gasteiger partial charge >= 0.3 is 0 Å². The molecular weight excluding hydrogens is 358 g/mol. The molecule has 27 heavy (non-hydrogen) atoms. The molecule has 0 saturated heterocycles. The van der Waals surface area contributed by atoms with Crippen LogP contribution in [0.3, 0.4) is 0 Å². The lowest BCUT2D eigenvalue weighted by molar-refractivity contribution is 0.102. The number of hydrogen-bond donors (Lipinski definition) is 1. The molecule has 0 unspecified atom stereocenters. The number of aryl methyl sites for hydroxylation is 1. The second-order valence-corrected chi connectivity index (χ2v) is 6.96. The minimum Gasteiger partial charge on any atom is -0.357 e. The molecular formula is C20H23N5OS. The third-order valence-corrected chi connectivity index (χ3v) is 5.36. The van der Waals surface area contributed by atoms with Crippen molar-refractivity contribution < 1.29 is 4.79 Å². The molecule has 3 rings (SSSR count). The van der Waals surface area contributed by atoms with Crippen molar-refractivity contribution in [3.63, 3.8) is 0 Å². The van der Waals surface area contributed by atoms with Crippen LogP contribution in [0.1, 0.15) is 24.2 Å². The summed E-state index contributed by atoms with van der Waals surface area (Å²) in [6, 6.07) is 11.4. The predicted molar refractivity (Wildman–Crippen MR) is 110 cm³/mol. The summed E-state index contributed by atoms with van der Waals surface area (Å²) in [5.41, 5.74) is 1.28. The Kier molecular flexibility index (Phi) is 6.13. The number of pyridine rings is 1. The number of hydrogen-bond acceptors (Lipinski definition) is 5. The lowest BCUT2D eigenvalue weighted by atomic mass is 10.2. The Morgan fingerprint density at radius 1 is 1.15 bits per heavy atom. The minimum atomic E-state index is -0.179. The van der Waals surface area contributed by atoms with Crippen molar-refractivity contribution in [1.29, 1.82) is 0 Å². The van der Waals surface area contributed by atoms with Crippen molar-refractivity contribution in [2.45, 2.75) is 23.9 Å². The van der Waals surface area contributed by atoms with Crippen LogP contribution < -0.4 is 10.2 Å². The number of imidazole rings is 1. The van der Waals surface area contributed by atoms with E-state index >= 15 is 0 Å². The van der Waals surface area contributed by atoms with Gasteiger partial charge in [-0.25, -0.2) is 9.97 Å². The second-order valence-electron chi connectivity index (χ2n) is 5.95. The van der Waals surface area contributed by atoms with E-state index in [9.17, 15) is 4.79 Å². The lowest BCUT2D eigenvalue weighted by Crippen LogP contribution is -2.23. The molecule has 0 atom stereocenters. The van der Waals surface area contributed by atoms with Crippen molar-refractivity contribution in [2.24, 2.45) is 7.05 Å². The molecule has 0 bridgehead atoms. The number of para-hydroxylation sites is 1. The molecule has 0 aliphatic carbocycles. The van der Waals surface area contributed by atoms with E-state index in [1.54, 1.807) is 12.4 Å². The molecule has 0 radical (unpaired) electrons. The highest BCUT2D eigenvalue weighted by Crippen LogP contribution is 2.32. The first-order valence-electron chi connectivity index (χ1n) is 8.89. The van der Waals surface area contributed by atoms with Gasteiger partial charge in [-0.2, -0.15) is 0 Å². The number of amides is 1. The van der Waals surface area contributed by atoms with Crippen LogP contribution in [0.5, 0.6) is 0 Å². The molecule has 1 N–H and O–H groups in total. The second kappa shape index (κ2) is 8.73. The molecule has 7 heteroatoms. The molecule has 0 saturated carbocycles. The Balaban J connectivity index is 1.75. The van der Waals surface area contributed by atoms with E-state index in [0.717, 1.165) is 34.6 Å². The monoisotopic (exact) mass is 381 g/mol. The molecule has 140 valence electrons. The van der Waals surface area contributed by atoms with E-state index in [0.29, 0.717) is 5.56 Å². The number of anilines is 2. The molecule has 1 amide bonds. The van der Waals surface area contributed by atoms with Crippen molar-refractivity contribution in [2.75, 3.05) is 23.3 Å². The molecule has 6 nitrogen and oxygen atoms in total. The van der Waals surface area contributed by atoms with Crippen molar-refractivity contribution in [3.8, 4) is 0 Å². The third kappa shape index (κ3) is 4.49. The Labute approximate surface area is 163 Å². The standard InChI is InChI=1S/C20H23N5OS/c1-4-25(5-2)18-11-10-15(14-22-18)19(26)23-16-8-6-7-9-17(16)27-20-21-12-13-24(20)3/h6-14H,4-5H2,1-3H3,(H,23,26). The molecule has 0 aliphatic heterocycles. The zero-order valence-electron chi connectivity index (χ0n) is 15.7. The van der Waals surface area contributed by atoms with E-state index in [1.165, 1.54) is 11.8 Å². The van der Waals surface area contributed by atoms with E-state index in [2.05, 4.69) is 34.0 Å². The topological polar surface area (TPSA) is 63.1 Å². The third-order valence-electron chi connectivity index (χ3n) is 4.21. The van der Waals surface area contributed by atoms with Gasteiger partial charge in [0.2, 0.25) is 0 Å². The fraction of sp³-hybridized carbons (Fsp3) is 0.250. The summed E-state index contributed by atoms with van der Waals surface area (Å²) in [6.45, 7) is 5.93. The summed E-state index contributed by atoms with van der Waals surface area (Å²) in [4.78, 5) is 24.5. The van der Waals surface area contributed by atoms with Crippen LogP contribution in [0.25, 0.3) is 0 Å². The fourth-order valence-corrected chi connectivity index (χ4v) is 3.55. The van der Waals surface area contributed by atoms with Crippen LogP contribution in [0.4, 0.5) is 11.5 Å². The average Bonchev–Trinajstić information content (AvgIpc) is 3.09. The number of rotatable bonds is 7. The molecule has 1 aromatic carbocycles. The Morgan fingerprint density at radius 3 is 2.56 bits per heavy atom. The van der Waals surface area contributed by atoms with Gasteiger partial charge in [-0.05, 0) is 49.9 Å². The maximum Gasteiger partial charge on any atom is 0.257 e. The smallest absolute Gasteiger partial charge is 0.257 e. The van der Waals surface area contributed by atoms with Crippen LogP contribution in [0, 0.1) is 0 Å². The maximum absolute atomic E-state index is 12.7. The number of carbonyl (C=O) groups excluding carboxylic acids is 1. The van der Waals surface area contributed by atoms with Crippen molar-refractivity contribution in [3.05, 3.63) is 60.6 Å². The van der Waals surface area contributed by atoms with Gasteiger partial charge in [-0.3, -0.25) is 4.79 Å². The summed E-state index contributed by atoms with van der Waals surface area (Å²) < 4.78 is 1.94. The molecule has 2 heterocycles. The van der Waals surface area contributed by atoms with Crippen LogP contribution in [-0.4, -0.2) is 33.5 Å². The lowest BCUT2D eigenvalue weighted by Gasteiger charge is -2.19. The van der Waals surface area contributed by atoms with E-state index in [1.807, 2.05) is 54.2 Å². The quantitative estimate of drug-likeness (QED) is 0.668. The summed E-state index contributed by atoms with van der Waals surface area (Å²) in [5, 5.41) is 3.85. The zero-order valence-corrected chi connectivity index (χ0v) is 16.5. The molecule has 2 aromatic heterocycles. The summed E-state index contributed by atoms with van der Waals surface area (Å²) >= 11 is 1.51. The zero-order chi connectivity index (χ0) is 19.2. The van der Waals surface area contributed by atoms with E-state index in [4.69, 9.17) is 0 Å². The first kappa shape index (κ1) is 19.0. The molecule has 0 spiro atoms. The van der Waals surface area contributed by atoms with Crippen LogP contribution in [0.2, 0.25) is 0 Å². The van der Waals surface area contributed by atoms with Crippen LogP contribution in [0.15, 0.2) is 65.0 Å². The first-order chi connectivity index (χ1) is 13.1. The SMILES string of the molecule is CCN(CC)c1ccc(C(=O)Nc2ccccc2Sc2nccn2C)cn1. The van der Waals surface area contributed by atoms with Gasteiger partial charge in [0, 0.05) is 43.6 Å². The van der Waals surface area contributed by atoms with Gasteiger partial charge in [-0.15, -0.1) is 0 Å². The molecule has 3 aromatic rings. The fourth-order valence-electron chi connectivity index (χ4n) is 2.66. The maximum atomic E-state index is 12.7. The number of nitrogens with zero attached hydrogens (tertiary/aromatic N) is 4.